The van der Waals surface area contributed by atoms with Crippen molar-refractivity contribution in [3.63, 3.8) is 0 Å². The molecule has 0 aromatic carbocycles. The van der Waals surface area contributed by atoms with Crippen molar-refractivity contribution < 1.29 is 14.3 Å². The van der Waals surface area contributed by atoms with E-state index < -0.39 is 6.03 Å². The van der Waals surface area contributed by atoms with Gasteiger partial charge < -0.3 is 21.5 Å². The van der Waals surface area contributed by atoms with Gasteiger partial charge >= 0.3 is 12.0 Å². The maximum atomic E-state index is 10.7. The maximum Gasteiger partial charge on any atom is 0.312 e. The molecule has 0 aliphatic carbocycles. The molecule has 0 spiro atoms. The number of ether oxygens (including phenoxy) is 1. The van der Waals surface area contributed by atoms with E-state index >= 15 is 0 Å². The van der Waals surface area contributed by atoms with Crippen LogP contribution >= 0.6 is 0 Å². The topological polar surface area (TPSA) is 107 Å². The lowest BCUT2D eigenvalue weighted by molar-refractivity contribution is -0.147. The molecule has 88 valence electrons. The van der Waals surface area contributed by atoms with Gasteiger partial charge in [0, 0.05) is 19.5 Å². The highest BCUT2D eigenvalue weighted by molar-refractivity contribution is 5.71. The highest BCUT2D eigenvalue weighted by Crippen LogP contribution is 2.05. The largest absolute Gasteiger partial charge is 0.461 e. The van der Waals surface area contributed by atoms with Crippen molar-refractivity contribution in [3.8, 4) is 0 Å². The summed E-state index contributed by atoms with van der Waals surface area (Å²) in [7, 11) is 0. The summed E-state index contributed by atoms with van der Waals surface area (Å²) in [4.78, 5) is 21.1. The molecule has 2 unspecified atom stereocenters. The van der Waals surface area contributed by atoms with Gasteiger partial charge in [0.1, 0.15) is 6.10 Å². The summed E-state index contributed by atoms with van der Waals surface area (Å²) in [5.74, 6) is -0.347. The van der Waals surface area contributed by atoms with E-state index in [1.807, 2.05) is 0 Å². The van der Waals surface area contributed by atoms with Crippen LogP contribution in [0.1, 0.15) is 26.7 Å². The molecule has 6 heteroatoms. The van der Waals surface area contributed by atoms with E-state index in [1.165, 1.54) is 6.92 Å². The Morgan fingerprint density at radius 1 is 1.47 bits per heavy atom. The van der Waals surface area contributed by atoms with Crippen molar-refractivity contribution in [2.45, 2.75) is 38.8 Å². The van der Waals surface area contributed by atoms with Crippen molar-refractivity contribution in [1.82, 2.24) is 5.32 Å². The second kappa shape index (κ2) is 7.05. The molecule has 0 fully saturated rings. The second-order valence-corrected chi connectivity index (χ2v) is 3.44. The van der Waals surface area contributed by atoms with Gasteiger partial charge in [-0.05, 0) is 19.8 Å². The number of carbonyl (C=O) groups excluding carboxylic acids is 2. The van der Waals surface area contributed by atoms with Crippen LogP contribution in [0.4, 0.5) is 4.79 Å². The molecule has 0 aromatic rings. The number of hydrogen-bond acceptors (Lipinski definition) is 4. The molecule has 2 amide bonds. The number of primary amides is 1. The lowest BCUT2D eigenvalue weighted by Gasteiger charge is -2.20. The van der Waals surface area contributed by atoms with Gasteiger partial charge in [-0.1, -0.05) is 0 Å². The molecule has 0 aromatic heterocycles. The van der Waals surface area contributed by atoms with Gasteiger partial charge in [-0.15, -0.1) is 0 Å². The molecule has 0 aliphatic heterocycles. The Labute approximate surface area is 89.3 Å². The van der Waals surface area contributed by atoms with E-state index in [1.54, 1.807) is 6.92 Å². The molecule has 0 heterocycles. The van der Waals surface area contributed by atoms with E-state index in [-0.39, 0.29) is 18.1 Å². The number of amides is 2. The predicted octanol–water partition coefficient (Wildman–Crippen LogP) is -0.286. The van der Waals surface area contributed by atoms with Crippen LogP contribution in [0.25, 0.3) is 0 Å². The van der Waals surface area contributed by atoms with Gasteiger partial charge in [-0.2, -0.15) is 0 Å². The van der Waals surface area contributed by atoms with Crippen LogP contribution in [-0.4, -0.2) is 30.7 Å². The number of rotatable bonds is 6. The van der Waals surface area contributed by atoms with Gasteiger partial charge in [-0.3, -0.25) is 4.79 Å². The molecule has 0 bridgehead atoms. The van der Waals surface area contributed by atoms with Crippen molar-refractivity contribution in [3.05, 3.63) is 0 Å². The maximum absolute atomic E-state index is 10.7. The fraction of sp³-hybridized carbons (Fsp3) is 0.778. The third-order valence-corrected chi connectivity index (χ3v) is 1.87. The quantitative estimate of drug-likeness (QED) is 0.420. The first-order valence-corrected chi connectivity index (χ1v) is 4.89. The minimum Gasteiger partial charge on any atom is -0.461 e. The van der Waals surface area contributed by atoms with Crippen LogP contribution in [0.3, 0.4) is 0 Å². The lowest BCUT2D eigenvalue weighted by Crippen LogP contribution is -2.36. The Morgan fingerprint density at radius 3 is 2.47 bits per heavy atom. The summed E-state index contributed by atoms with van der Waals surface area (Å²) in [5, 5.41) is 2.45. The Balaban J connectivity index is 3.76. The summed E-state index contributed by atoms with van der Waals surface area (Å²) in [6.45, 7) is 3.58. The SMILES string of the molecule is CC(=O)OC(CCCNC(N)=O)C(C)N. The normalized spacial score (nSPS) is 14.1. The van der Waals surface area contributed by atoms with E-state index in [9.17, 15) is 9.59 Å². The highest BCUT2D eigenvalue weighted by atomic mass is 16.5. The Kier molecular flexibility index (Phi) is 6.44. The Morgan fingerprint density at radius 2 is 2.07 bits per heavy atom. The van der Waals surface area contributed by atoms with Crippen molar-refractivity contribution in [1.29, 1.82) is 0 Å². The van der Waals surface area contributed by atoms with E-state index in [4.69, 9.17) is 16.2 Å². The average Bonchev–Trinajstić information content (AvgIpc) is 2.08. The molecular formula is C9H19N3O3. The Hall–Kier alpha value is -1.30. The van der Waals surface area contributed by atoms with Crippen LogP contribution < -0.4 is 16.8 Å². The molecular weight excluding hydrogens is 198 g/mol. The van der Waals surface area contributed by atoms with Crippen LogP contribution in [0.15, 0.2) is 0 Å². The number of urea groups is 1. The van der Waals surface area contributed by atoms with Crippen LogP contribution in [-0.2, 0) is 9.53 Å². The average molecular weight is 217 g/mol. The molecule has 15 heavy (non-hydrogen) atoms. The first-order valence-electron chi connectivity index (χ1n) is 4.89. The molecule has 0 aliphatic rings. The number of nitrogens with two attached hydrogens (primary N) is 2. The van der Waals surface area contributed by atoms with Gasteiger partial charge in [0.25, 0.3) is 0 Å². The Bertz CT molecular complexity index is 219. The van der Waals surface area contributed by atoms with Crippen LogP contribution in [0.2, 0.25) is 0 Å². The summed E-state index contributed by atoms with van der Waals surface area (Å²) in [6.07, 6.45) is 0.970. The summed E-state index contributed by atoms with van der Waals surface area (Å²) in [6, 6.07) is -0.776. The van der Waals surface area contributed by atoms with E-state index in [0.717, 1.165) is 0 Å². The minimum absolute atomic E-state index is 0.220. The highest BCUT2D eigenvalue weighted by Gasteiger charge is 2.16. The number of esters is 1. The van der Waals surface area contributed by atoms with Crippen LogP contribution in [0.5, 0.6) is 0 Å². The third kappa shape index (κ3) is 7.75. The zero-order chi connectivity index (χ0) is 11.8. The molecule has 6 nitrogen and oxygen atoms in total. The van der Waals surface area contributed by atoms with Crippen molar-refractivity contribution in [2.75, 3.05) is 6.54 Å². The number of nitrogens with one attached hydrogen (secondary N) is 1. The summed E-state index contributed by atoms with van der Waals surface area (Å²) < 4.78 is 5.01. The molecule has 0 saturated carbocycles. The van der Waals surface area contributed by atoms with Gasteiger partial charge in [0.2, 0.25) is 0 Å². The van der Waals surface area contributed by atoms with Crippen molar-refractivity contribution >= 4 is 12.0 Å². The fourth-order valence-electron chi connectivity index (χ4n) is 1.16. The number of hydrogen-bond donors (Lipinski definition) is 3. The molecule has 0 radical (unpaired) electrons. The monoisotopic (exact) mass is 217 g/mol. The van der Waals surface area contributed by atoms with Gasteiger partial charge in [0.05, 0.1) is 0 Å². The smallest absolute Gasteiger partial charge is 0.312 e. The number of carbonyl (C=O) groups is 2. The van der Waals surface area contributed by atoms with Crippen LogP contribution in [0, 0.1) is 0 Å². The van der Waals surface area contributed by atoms with Gasteiger partial charge in [-0.25, -0.2) is 4.79 Å². The predicted molar refractivity (Wildman–Crippen MR) is 56.0 cm³/mol. The third-order valence-electron chi connectivity index (χ3n) is 1.87. The van der Waals surface area contributed by atoms with E-state index in [0.29, 0.717) is 19.4 Å². The molecule has 0 rings (SSSR count). The molecule has 0 saturated heterocycles. The molecule has 2 atom stereocenters. The summed E-state index contributed by atoms with van der Waals surface area (Å²) >= 11 is 0. The summed E-state index contributed by atoms with van der Waals surface area (Å²) in [5.41, 5.74) is 10.5. The zero-order valence-electron chi connectivity index (χ0n) is 9.16. The van der Waals surface area contributed by atoms with E-state index in [2.05, 4.69) is 5.32 Å². The standard InChI is InChI=1S/C9H19N3O3/c1-6(10)8(15-7(2)13)4-3-5-12-9(11)14/h6,8H,3-5,10H2,1-2H3,(H3,11,12,14). The van der Waals surface area contributed by atoms with Gasteiger partial charge in [0.15, 0.2) is 0 Å². The fourth-order valence-corrected chi connectivity index (χ4v) is 1.16. The van der Waals surface area contributed by atoms with Crippen molar-refractivity contribution in [2.24, 2.45) is 11.5 Å². The first kappa shape index (κ1) is 13.7. The second-order valence-electron chi connectivity index (χ2n) is 3.44. The minimum atomic E-state index is -0.556. The first-order chi connectivity index (χ1) is 6.93. The molecule has 5 N–H and O–H groups in total. The lowest BCUT2D eigenvalue weighted by atomic mass is 10.1. The zero-order valence-corrected chi connectivity index (χ0v) is 9.16.